The summed E-state index contributed by atoms with van der Waals surface area (Å²) in [5, 5.41) is 24.2. The van der Waals surface area contributed by atoms with Gasteiger partial charge in [0.25, 0.3) is 0 Å². The molecule has 0 bridgehead atoms. The number of aliphatic hydroxyl groups excluding tert-OH is 1. The molecule has 2 rings (SSSR count). The summed E-state index contributed by atoms with van der Waals surface area (Å²) in [7, 11) is 0. The maximum Gasteiger partial charge on any atom is 0.0749 e. The predicted molar refractivity (Wildman–Crippen MR) is 68.9 cm³/mol. The Morgan fingerprint density at radius 2 is 1.35 bits per heavy atom. The Balaban J connectivity index is 2.14. The number of piperidine rings is 1. The maximum absolute atomic E-state index is 11.0. The molecule has 0 atom stereocenters. The van der Waals surface area contributed by atoms with Crippen LogP contribution in [-0.4, -0.2) is 35.5 Å². The number of hydrogen-bond acceptors (Lipinski definition) is 3. The average molecular weight is 241 g/mol. The molecular weight excluding hydrogens is 214 g/mol. The van der Waals surface area contributed by atoms with Crippen LogP contribution >= 0.6 is 0 Å². The molecule has 1 heterocycles. The summed E-state index contributed by atoms with van der Waals surface area (Å²) in [5.41, 5.74) is -0.861. The van der Waals surface area contributed by atoms with Gasteiger partial charge < -0.3 is 15.5 Å². The zero-order valence-corrected chi connectivity index (χ0v) is 10.9. The Bertz CT molecular complexity index is 228. The number of hydrogen-bond donors (Lipinski definition) is 3. The monoisotopic (exact) mass is 241 g/mol. The Morgan fingerprint density at radius 3 is 1.88 bits per heavy atom. The van der Waals surface area contributed by atoms with E-state index in [0.717, 1.165) is 51.6 Å². The van der Waals surface area contributed by atoms with Crippen LogP contribution in [0.3, 0.4) is 0 Å². The first-order chi connectivity index (χ1) is 8.22. The van der Waals surface area contributed by atoms with E-state index >= 15 is 0 Å². The summed E-state index contributed by atoms with van der Waals surface area (Å²) >= 11 is 0. The van der Waals surface area contributed by atoms with Gasteiger partial charge in [0.15, 0.2) is 0 Å². The highest BCUT2D eigenvalue weighted by Crippen LogP contribution is 2.46. The third-order valence-electron chi connectivity index (χ3n) is 5.03. The molecule has 0 unspecified atom stereocenters. The molecule has 1 saturated heterocycles. The normalized spacial score (nSPS) is 29.3. The van der Waals surface area contributed by atoms with E-state index in [0.29, 0.717) is 0 Å². The molecule has 3 heteroatoms. The lowest BCUT2D eigenvalue weighted by Gasteiger charge is -2.49. The van der Waals surface area contributed by atoms with Gasteiger partial charge in [-0.3, -0.25) is 0 Å². The summed E-state index contributed by atoms with van der Waals surface area (Å²) in [4.78, 5) is 0. The molecule has 0 aromatic heterocycles. The van der Waals surface area contributed by atoms with E-state index in [9.17, 15) is 10.2 Å². The van der Waals surface area contributed by atoms with Crippen LogP contribution in [0.25, 0.3) is 0 Å². The van der Waals surface area contributed by atoms with Gasteiger partial charge in [0.1, 0.15) is 0 Å². The van der Waals surface area contributed by atoms with Crippen molar-refractivity contribution in [2.45, 2.75) is 63.4 Å². The fourth-order valence-electron chi connectivity index (χ4n) is 3.72. The molecule has 0 amide bonds. The van der Waals surface area contributed by atoms with Crippen LogP contribution in [0.4, 0.5) is 0 Å². The van der Waals surface area contributed by atoms with E-state index in [2.05, 4.69) is 5.32 Å². The molecule has 1 saturated carbocycles. The molecule has 0 aromatic carbocycles. The SMILES string of the molecule is OCC1(C2(O)CCNCC2)CCCCCCC1. The molecule has 0 spiro atoms. The van der Waals surface area contributed by atoms with Gasteiger partial charge in [0.2, 0.25) is 0 Å². The summed E-state index contributed by atoms with van der Waals surface area (Å²) in [6.45, 7) is 1.93. The second-order valence-electron chi connectivity index (χ2n) is 5.99. The lowest BCUT2D eigenvalue weighted by Crippen LogP contribution is -2.56. The highest BCUT2D eigenvalue weighted by Gasteiger charge is 2.49. The summed E-state index contributed by atoms with van der Waals surface area (Å²) in [6.07, 6.45) is 9.77. The van der Waals surface area contributed by atoms with Crippen LogP contribution in [0.5, 0.6) is 0 Å². The van der Waals surface area contributed by atoms with Crippen molar-refractivity contribution in [1.82, 2.24) is 5.32 Å². The van der Waals surface area contributed by atoms with Crippen molar-refractivity contribution in [3.8, 4) is 0 Å². The molecule has 1 aliphatic heterocycles. The molecule has 0 aromatic rings. The second kappa shape index (κ2) is 5.68. The van der Waals surface area contributed by atoms with Crippen LogP contribution in [-0.2, 0) is 0 Å². The van der Waals surface area contributed by atoms with Gasteiger partial charge in [0.05, 0.1) is 12.2 Å². The second-order valence-corrected chi connectivity index (χ2v) is 5.99. The molecule has 100 valence electrons. The molecular formula is C14H27NO2. The quantitative estimate of drug-likeness (QED) is 0.691. The smallest absolute Gasteiger partial charge is 0.0749 e. The molecule has 3 N–H and O–H groups in total. The van der Waals surface area contributed by atoms with Crippen LogP contribution in [0.1, 0.15) is 57.8 Å². The minimum absolute atomic E-state index is 0.156. The van der Waals surface area contributed by atoms with Crippen LogP contribution in [0.15, 0.2) is 0 Å². The van der Waals surface area contributed by atoms with E-state index in [1.165, 1.54) is 19.3 Å². The van der Waals surface area contributed by atoms with E-state index < -0.39 is 5.60 Å². The molecule has 17 heavy (non-hydrogen) atoms. The minimum atomic E-state index is -0.635. The zero-order chi connectivity index (χ0) is 12.2. The first-order valence-corrected chi connectivity index (χ1v) is 7.26. The van der Waals surface area contributed by atoms with Crippen molar-refractivity contribution in [2.75, 3.05) is 19.7 Å². The third kappa shape index (κ3) is 2.67. The average Bonchev–Trinajstić information content (AvgIpc) is 2.30. The van der Waals surface area contributed by atoms with Gasteiger partial charge >= 0.3 is 0 Å². The first kappa shape index (κ1) is 13.3. The Morgan fingerprint density at radius 1 is 0.824 bits per heavy atom. The number of rotatable bonds is 2. The highest BCUT2D eigenvalue weighted by atomic mass is 16.3. The lowest BCUT2D eigenvalue weighted by atomic mass is 9.62. The summed E-state index contributed by atoms with van der Waals surface area (Å²) < 4.78 is 0. The molecule has 2 aliphatic rings. The van der Waals surface area contributed by atoms with Crippen molar-refractivity contribution in [1.29, 1.82) is 0 Å². The van der Waals surface area contributed by atoms with Crippen molar-refractivity contribution >= 4 is 0 Å². The number of nitrogens with one attached hydrogen (secondary N) is 1. The van der Waals surface area contributed by atoms with Crippen molar-refractivity contribution < 1.29 is 10.2 Å². The Kier molecular flexibility index (Phi) is 4.45. The van der Waals surface area contributed by atoms with E-state index in [1.807, 2.05) is 0 Å². The third-order valence-corrected chi connectivity index (χ3v) is 5.03. The first-order valence-electron chi connectivity index (χ1n) is 7.26. The molecule has 3 nitrogen and oxygen atoms in total. The topological polar surface area (TPSA) is 52.5 Å². The maximum atomic E-state index is 11.0. The van der Waals surface area contributed by atoms with Crippen molar-refractivity contribution in [3.05, 3.63) is 0 Å². The highest BCUT2D eigenvalue weighted by molar-refractivity contribution is 5.01. The molecule has 1 aliphatic carbocycles. The van der Waals surface area contributed by atoms with Crippen molar-refractivity contribution in [2.24, 2.45) is 5.41 Å². The fourth-order valence-corrected chi connectivity index (χ4v) is 3.72. The zero-order valence-electron chi connectivity index (χ0n) is 10.9. The van der Waals surface area contributed by atoms with Gasteiger partial charge in [-0.25, -0.2) is 0 Å². The fraction of sp³-hybridized carbons (Fsp3) is 1.00. The summed E-state index contributed by atoms with van der Waals surface area (Å²) in [5.74, 6) is 0. The van der Waals surface area contributed by atoms with Gasteiger partial charge in [-0.05, 0) is 38.8 Å². The van der Waals surface area contributed by atoms with E-state index in [1.54, 1.807) is 0 Å². The standard InChI is InChI=1S/C14H27NO2/c16-12-13(6-4-2-1-3-5-7-13)14(17)8-10-15-11-9-14/h15-17H,1-12H2. The number of aliphatic hydroxyl groups is 2. The van der Waals surface area contributed by atoms with E-state index in [-0.39, 0.29) is 12.0 Å². The van der Waals surface area contributed by atoms with E-state index in [4.69, 9.17) is 0 Å². The Hall–Kier alpha value is -0.120. The molecule has 0 radical (unpaired) electrons. The predicted octanol–water partition coefficient (Wildman–Crippen LogP) is 1.82. The van der Waals surface area contributed by atoms with Gasteiger partial charge in [-0.1, -0.05) is 32.1 Å². The van der Waals surface area contributed by atoms with Crippen LogP contribution in [0, 0.1) is 5.41 Å². The largest absolute Gasteiger partial charge is 0.396 e. The molecule has 2 fully saturated rings. The lowest BCUT2D eigenvalue weighted by molar-refractivity contribution is -0.138. The van der Waals surface area contributed by atoms with Gasteiger partial charge in [-0.15, -0.1) is 0 Å². The minimum Gasteiger partial charge on any atom is -0.396 e. The van der Waals surface area contributed by atoms with Gasteiger partial charge in [0, 0.05) is 5.41 Å². The van der Waals surface area contributed by atoms with Crippen LogP contribution < -0.4 is 5.32 Å². The van der Waals surface area contributed by atoms with Crippen LogP contribution in [0.2, 0.25) is 0 Å². The van der Waals surface area contributed by atoms with Gasteiger partial charge in [-0.2, -0.15) is 0 Å². The summed E-state index contributed by atoms with van der Waals surface area (Å²) in [6, 6.07) is 0. The van der Waals surface area contributed by atoms with Crippen molar-refractivity contribution in [3.63, 3.8) is 0 Å². The Labute approximate surface area is 105 Å².